The van der Waals surface area contributed by atoms with Gasteiger partial charge in [0.05, 0.1) is 5.75 Å². The van der Waals surface area contributed by atoms with Gasteiger partial charge in [-0.2, -0.15) is 13.2 Å². The van der Waals surface area contributed by atoms with Crippen LogP contribution in [-0.2, 0) is 4.79 Å². The zero-order valence-electron chi connectivity index (χ0n) is 8.65. The molecule has 1 aliphatic heterocycles. The van der Waals surface area contributed by atoms with E-state index in [-0.39, 0.29) is 5.75 Å². The van der Waals surface area contributed by atoms with Crippen molar-refractivity contribution in [3.05, 3.63) is 30.1 Å². The molecule has 1 aromatic rings. The van der Waals surface area contributed by atoms with Gasteiger partial charge in [-0.15, -0.1) is 11.8 Å². The van der Waals surface area contributed by atoms with Crippen molar-refractivity contribution in [1.29, 1.82) is 0 Å². The third-order valence-corrected chi connectivity index (χ3v) is 3.54. The lowest BCUT2D eigenvalue weighted by atomic mass is 10.2. The summed E-state index contributed by atoms with van der Waals surface area (Å²) in [6.45, 7) is -1.21. The number of rotatable bonds is 2. The molecule has 0 aromatic carbocycles. The van der Waals surface area contributed by atoms with Crippen molar-refractivity contribution in [2.45, 2.75) is 11.6 Å². The average molecular weight is 262 g/mol. The fourth-order valence-corrected chi connectivity index (χ4v) is 2.79. The van der Waals surface area contributed by atoms with Gasteiger partial charge >= 0.3 is 6.18 Å². The number of carbonyl (C=O) groups excluding carboxylic acids is 1. The average Bonchev–Trinajstić information content (AvgIpc) is 2.60. The topological polar surface area (TPSA) is 33.2 Å². The Morgan fingerprint density at radius 1 is 1.53 bits per heavy atom. The molecule has 0 spiro atoms. The second-order valence-electron chi connectivity index (χ2n) is 3.59. The molecular weight excluding hydrogens is 253 g/mol. The molecule has 1 saturated heterocycles. The SMILES string of the molecule is O=C1CSC(c2cccnc2)N1CC(F)(F)F. The van der Waals surface area contributed by atoms with Crippen LogP contribution in [0.5, 0.6) is 0 Å². The van der Waals surface area contributed by atoms with E-state index in [1.54, 1.807) is 18.3 Å². The molecule has 0 saturated carbocycles. The van der Waals surface area contributed by atoms with Crippen LogP contribution in [0.25, 0.3) is 0 Å². The summed E-state index contributed by atoms with van der Waals surface area (Å²) in [6, 6.07) is 3.32. The first-order valence-corrected chi connectivity index (χ1v) is 5.90. The molecule has 2 heterocycles. The molecule has 0 radical (unpaired) electrons. The van der Waals surface area contributed by atoms with E-state index in [0.29, 0.717) is 5.56 Å². The van der Waals surface area contributed by atoms with Gasteiger partial charge in [-0.1, -0.05) is 6.07 Å². The first-order chi connectivity index (χ1) is 7.97. The molecule has 3 nitrogen and oxygen atoms in total. The summed E-state index contributed by atoms with van der Waals surface area (Å²) in [4.78, 5) is 16.1. The van der Waals surface area contributed by atoms with Crippen molar-refractivity contribution < 1.29 is 18.0 Å². The molecular formula is C10H9F3N2OS. The highest BCUT2D eigenvalue weighted by Crippen LogP contribution is 2.39. The molecule has 1 amide bonds. The molecule has 0 aliphatic carbocycles. The maximum Gasteiger partial charge on any atom is 0.406 e. The summed E-state index contributed by atoms with van der Waals surface area (Å²) in [5, 5.41) is -0.585. The van der Waals surface area contributed by atoms with Gasteiger partial charge in [-0.05, 0) is 6.07 Å². The molecule has 2 rings (SSSR count). The van der Waals surface area contributed by atoms with Crippen LogP contribution in [0.1, 0.15) is 10.9 Å². The Balaban J connectivity index is 2.20. The Morgan fingerprint density at radius 2 is 2.29 bits per heavy atom. The normalized spacial score (nSPS) is 21.0. The summed E-state index contributed by atoms with van der Waals surface area (Å²) < 4.78 is 37.1. The lowest BCUT2D eigenvalue weighted by Crippen LogP contribution is -2.37. The summed E-state index contributed by atoms with van der Waals surface area (Å²) in [5.41, 5.74) is 0.618. The smallest absolute Gasteiger partial charge is 0.317 e. The molecule has 1 fully saturated rings. The van der Waals surface area contributed by atoms with Gasteiger partial charge in [0.15, 0.2) is 0 Å². The Morgan fingerprint density at radius 3 is 2.88 bits per heavy atom. The molecule has 1 atom stereocenters. The number of halogens is 3. The van der Waals surface area contributed by atoms with E-state index in [9.17, 15) is 18.0 Å². The largest absolute Gasteiger partial charge is 0.406 e. The number of amides is 1. The fourth-order valence-electron chi connectivity index (χ4n) is 1.62. The van der Waals surface area contributed by atoms with Gasteiger partial charge in [-0.25, -0.2) is 0 Å². The van der Waals surface area contributed by atoms with Crippen LogP contribution in [0, 0.1) is 0 Å². The number of carbonyl (C=O) groups is 1. The van der Waals surface area contributed by atoms with E-state index < -0.39 is 24.0 Å². The molecule has 7 heteroatoms. The van der Waals surface area contributed by atoms with Gasteiger partial charge in [-0.3, -0.25) is 9.78 Å². The summed E-state index contributed by atoms with van der Waals surface area (Å²) in [7, 11) is 0. The first-order valence-electron chi connectivity index (χ1n) is 4.85. The molecule has 1 aromatic heterocycles. The predicted octanol–water partition coefficient (Wildman–Crippen LogP) is 2.22. The molecule has 0 N–H and O–H groups in total. The predicted molar refractivity (Wildman–Crippen MR) is 57.2 cm³/mol. The van der Waals surface area contributed by atoms with E-state index in [2.05, 4.69) is 4.98 Å². The van der Waals surface area contributed by atoms with Crippen molar-refractivity contribution >= 4 is 17.7 Å². The Kier molecular flexibility index (Phi) is 3.28. The Bertz CT molecular complexity index is 410. The van der Waals surface area contributed by atoms with Gasteiger partial charge in [0.1, 0.15) is 11.9 Å². The zero-order valence-corrected chi connectivity index (χ0v) is 9.46. The van der Waals surface area contributed by atoms with Crippen LogP contribution in [0.2, 0.25) is 0 Å². The Hall–Kier alpha value is -1.24. The molecule has 1 aliphatic rings. The number of nitrogens with zero attached hydrogens (tertiary/aromatic N) is 2. The number of hydrogen-bond acceptors (Lipinski definition) is 3. The fraction of sp³-hybridized carbons (Fsp3) is 0.400. The summed E-state index contributed by atoms with van der Waals surface area (Å²) in [5.74, 6) is -0.406. The number of thioether (sulfide) groups is 1. The molecule has 17 heavy (non-hydrogen) atoms. The number of hydrogen-bond donors (Lipinski definition) is 0. The number of pyridine rings is 1. The minimum atomic E-state index is -4.37. The molecule has 1 unspecified atom stereocenters. The third kappa shape index (κ3) is 2.91. The molecule has 92 valence electrons. The van der Waals surface area contributed by atoms with Crippen molar-refractivity contribution in [2.24, 2.45) is 0 Å². The van der Waals surface area contributed by atoms with Gasteiger partial charge in [0, 0.05) is 18.0 Å². The summed E-state index contributed by atoms with van der Waals surface area (Å²) in [6.07, 6.45) is -1.35. The lowest BCUT2D eigenvalue weighted by Gasteiger charge is -2.24. The highest BCUT2D eigenvalue weighted by Gasteiger charge is 2.40. The Labute approximate surface area is 100 Å². The quantitative estimate of drug-likeness (QED) is 0.819. The van der Waals surface area contributed by atoms with Crippen LogP contribution in [0.3, 0.4) is 0 Å². The zero-order chi connectivity index (χ0) is 12.5. The highest BCUT2D eigenvalue weighted by molar-refractivity contribution is 8.00. The monoisotopic (exact) mass is 262 g/mol. The van der Waals surface area contributed by atoms with Crippen LogP contribution in [-0.4, -0.2) is 34.3 Å². The summed E-state index contributed by atoms with van der Waals surface area (Å²) >= 11 is 1.19. The van der Waals surface area contributed by atoms with Gasteiger partial charge < -0.3 is 4.90 Å². The maximum atomic E-state index is 12.4. The van der Waals surface area contributed by atoms with Crippen LogP contribution in [0.15, 0.2) is 24.5 Å². The second-order valence-corrected chi connectivity index (χ2v) is 4.66. The number of alkyl halides is 3. The first kappa shape index (κ1) is 12.2. The lowest BCUT2D eigenvalue weighted by molar-refractivity contribution is -0.159. The highest BCUT2D eigenvalue weighted by atomic mass is 32.2. The van der Waals surface area contributed by atoms with E-state index in [4.69, 9.17) is 0 Å². The van der Waals surface area contributed by atoms with E-state index >= 15 is 0 Å². The minimum absolute atomic E-state index is 0.0790. The second kappa shape index (κ2) is 4.56. The van der Waals surface area contributed by atoms with Crippen LogP contribution in [0.4, 0.5) is 13.2 Å². The van der Waals surface area contributed by atoms with Gasteiger partial charge in [0.2, 0.25) is 5.91 Å². The third-order valence-electron chi connectivity index (χ3n) is 2.29. The minimum Gasteiger partial charge on any atom is -0.317 e. The van der Waals surface area contributed by atoms with E-state index in [1.165, 1.54) is 18.0 Å². The maximum absolute atomic E-state index is 12.4. The number of aromatic nitrogens is 1. The van der Waals surface area contributed by atoms with E-state index in [0.717, 1.165) is 4.90 Å². The van der Waals surface area contributed by atoms with Crippen molar-refractivity contribution in [3.8, 4) is 0 Å². The van der Waals surface area contributed by atoms with E-state index in [1.807, 2.05) is 0 Å². The molecule has 0 bridgehead atoms. The van der Waals surface area contributed by atoms with Crippen molar-refractivity contribution in [3.63, 3.8) is 0 Å². The van der Waals surface area contributed by atoms with Crippen LogP contribution >= 0.6 is 11.8 Å². The van der Waals surface area contributed by atoms with Crippen molar-refractivity contribution in [1.82, 2.24) is 9.88 Å². The van der Waals surface area contributed by atoms with Crippen LogP contribution < -0.4 is 0 Å². The van der Waals surface area contributed by atoms with Gasteiger partial charge in [0.25, 0.3) is 0 Å². The van der Waals surface area contributed by atoms with Crippen molar-refractivity contribution in [2.75, 3.05) is 12.3 Å². The standard InChI is InChI=1S/C10H9F3N2OS/c11-10(12,13)6-15-8(16)5-17-9(15)7-2-1-3-14-4-7/h1-4,9H,5-6H2.